The van der Waals surface area contributed by atoms with Crippen molar-refractivity contribution >= 4 is 0 Å². The van der Waals surface area contributed by atoms with Gasteiger partial charge in [0.05, 0.1) is 6.61 Å². The van der Waals surface area contributed by atoms with Gasteiger partial charge in [-0.2, -0.15) is 0 Å². The van der Waals surface area contributed by atoms with Crippen molar-refractivity contribution in [1.82, 2.24) is 4.90 Å². The van der Waals surface area contributed by atoms with E-state index in [0.717, 1.165) is 25.6 Å². The van der Waals surface area contributed by atoms with Gasteiger partial charge in [-0.1, -0.05) is 0 Å². The molecule has 1 N–H and O–H groups in total. The maximum atomic E-state index is 8.88. The second-order valence-electron chi connectivity index (χ2n) is 4.53. The minimum absolute atomic E-state index is 0.347. The van der Waals surface area contributed by atoms with Crippen molar-refractivity contribution in [3.05, 3.63) is 0 Å². The zero-order valence-corrected chi connectivity index (χ0v) is 8.82. The standard InChI is InChI=1S/C11H21NO2/c13-6-4-10-3-5-12(8-10)11-2-1-7-14-9-11/h10-11,13H,1-9H2. The van der Waals surface area contributed by atoms with Crippen LogP contribution < -0.4 is 0 Å². The van der Waals surface area contributed by atoms with Gasteiger partial charge < -0.3 is 9.84 Å². The predicted octanol–water partition coefficient (Wildman–Crippen LogP) is 0.870. The van der Waals surface area contributed by atoms with Gasteiger partial charge in [0.1, 0.15) is 0 Å². The van der Waals surface area contributed by atoms with Crippen molar-refractivity contribution in [3.8, 4) is 0 Å². The Morgan fingerprint density at radius 3 is 3.00 bits per heavy atom. The minimum Gasteiger partial charge on any atom is -0.396 e. The molecule has 2 unspecified atom stereocenters. The second-order valence-corrected chi connectivity index (χ2v) is 4.53. The van der Waals surface area contributed by atoms with Crippen molar-refractivity contribution in [2.45, 2.75) is 31.7 Å². The Morgan fingerprint density at radius 2 is 2.29 bits per heavy atom. The molecule has 2 saturated heterocycles. The third-order valence-corrected chi connectivity index (χ3v) is 3.51. The molecular formula is C11H21NO2. The van der Waals surface area contributed by atoms with E-state index in [1.165, 1.54) is 32.4 Å². The summed E-state index contributed by atoms with van der Waals surface area (Å²) in [5, 5.41) is 8.88. The normalized spacial score (nSPS) is 34.9. The van der Waals surface area contributed by atoms with Gasteiger partial charge in [-0.15, -0.1) is 0 Å². The summed E-state index contributed by atoms with van der Waals surface area (Å²) in [5.74, 6) is 0.724. The van der Waals surface area contributed by atoms with Crippen LogP contribution in [0.2, 0.25) is 0 Å². The van der Waals surface area contributed by atoms with Gasteiger partial charge in [-0.05, 0) is 38.1 Å². The van der Waals surface area contributed by atoms with Crippen LogP contribution >= 0.6 is 0 Å². The fourth-order valence-electron chi connectivity index (χ4n) is 2.62. The van der Waals surface area contributed by atoms with Crippen LogP contribution in [0.1, 0.15) is 25.7 Å². The number of aliphatic hydroxyl groups is 1. The Hall–Kier alpha value is -0.120. The smallest absolute Gasteiger partial charge is 0.0621 e. The highest BCUT2D eigenvalue weighted by Crippen LogP contribution is 2.24. The average Bonchev–Trinajstić information content (AvgIpc) is 2.68. The van der Waals surface area contributed by atoms with E-state index in [1.54, 1.807) is 0 Å². The summed E-state index contributed by atoms with van der Waals surface area (Å²) in [6.07, 6.45) is 4.75. The molecule has 0 bridgehead atoms. The van der Waals surface area contributed by atoms with E-state index in [9.17, 15) is 0 Å². The fourth-order valence-corrected chi connectivity index (χ4v) is 2.62. The molecule has 0 aliphatic carbocycles. The summed E-state index contributed by atoms with van der Waals surface area (Å²) in [4.78, 5) is 2.56. The molecule has 2 rings (SSSR count). The van der Waals surface area contributed by atoms with Crippen molar-refractivity contribution in [1.29, 1.82) is 0 Å². The van der Waals surface area contributed by atoms with Gasteiger partial charge in [-0.25, -0.2) is 0 Å². The lowest BCUT2D eigenvalue weighted by Gasteiger charge is -2.30. The van der Waals surface area contributed by atoms with Crippen LogP contribution in [-0.2, 0) is 4.74 Å². The first kappa shape index (κ1) is 10.4. The predicted molar refractivity (Wildman–Crippen MR) is 55.2 cm³/mol. The summed E-state index contributed by atoms with van der Waals surface area (Å²) in [6, 6.07) is 0.660. The molecule has 2 heterocycles. The maximum Gasteiger partial charge on any atom is 0.0621 e. The van der Waals surface area contributed by atoms with Gasteiger partial charge >= 0.3 is 0 Å². The zero-order chi connectivity index (χ0) is 9.80. The number of likely N-dealkylation sites (tertiary alicyclic amines) is 1. The lowest BCUT2D eigenvalue weighted by Crippen LogP contribution is -2.39. The molecule has 2 aliphatic rings. The summed E-state index contributed by atoms with van der Waals surface area (Å²) in [7, 11) is 0. The third kappa shape index (κ3) is 2.47. The highest BCUT2D eigenvalue weighted by Gasteiger charge is 2.28. The van der Waals surface area contributed by atoms with Crippen LogP contribution in [-0.4, -0.2) is 49.0 Å². The topological polar surface area (TPSA) is 32.7 Å². The first-order valence-electron chi connectivity index (χ1n) is 5.83. The Bertz CT molecular complexity index is 169. The van der Waals surface area contributed by atoms with Crippen LogP contribution in [0.5, 0.6) is 0 Å². The van der Waals surface area contributed by atoms with Crippen molar-refractivity contribution in [3.63, 3.8) is 0 Å². The molecule has 2 aliphatic heterocycles. The van der Waals surface area contributed by atoms with E-state index in [-0.39, 0.29) is 0 Å². The Balaban J connectivity index is 1.76. The first-order chi connectivity index (χ1) is 6.90. The monoisotopic (exact) mass is 199 g/mol. The molecule has 0 aromatic heterocycles. The van der Waals surface area contributed by atoms with Crippen molar-refractivity contribution in [2.24, 2.45) is 5.92 Å². The second kappa shape index (κ2) is 5.10. The van der Waals surface area contributed by atoms with Crippen LogP contribution in [0.15, 0.2) is 0 Å². The molecule has 14 heavy (non-hydrogen) atoms. The van der Waals surface area contributed by atoms with Gasteiger partial charge in [0, 0.05) is 25.8 Å². The van der Waals surface area contributed by atoms with E-state index >= 15 is 0 Å². The molecule has 0 saturated carbocycles. The number of ether oxygens (including phenoxy) is 1. The number of aliphatic hydroxyl groups excluding tert-OH is 1. The molecule has 0 aromatic rings. The zero-order valence-electron chi connectivity index (χ0n) is 8.82. The van der Waals surface area contributed by atoms with Crippen LogP contribution in [0, 0.1) is 5.92 Å². The number of hydrogen-bond donors (Lipinski definition) is 1. The SMILES string of the molecule is OCCC1CCN(C2CCCOC2)C1. The number of rotatable bonds is 3. The van der Waals surface area contributed by atoms with E-state index in [0.29, 0.717) is 12.6 Å². The minimum atomic E-state index is 0.347. The van der Waals surface area contributed by atoms with Crippen LogP contribution in [0.3, 0.4) is 0 Å². The van der Waals surface area contributed by atoms with Crippen molar-refractivity contribution < 1.29 is 9.84 Å². The van der Waals surface area contributed by atoms with Gasteiger partial charge in [-0.3, -0.25) is 4.90 Å². The Morgan fingerprint density at radius 1 is 1.36 bits per heavy atom. The summed E-state index contributed by atoms with van der Waals surface area (Å²) in [6.45, 7) is 4.60. The highest BCUT2D eigenvalue weighted by molar-refractivity contribution is 4.82. The van der Waals surface area contributed by atoms with Crippen molar-refractivity contribution in [2.75, 3.05) is 32.9 Å². The summed E-state index contributed by atoms with van der Waals surface area (Å²) in [5.41, 5.74) is 0. The van der Waals surface area contributed by atoms with Gasteiger partial charge in [0.2, 0.25) is 0 Å². The Labute approximate surface area is 86.0 Å². The lowest BCUT2D eigenvalue weighted by molar-refractivity contribution is 0.0252. The molecule has 2 fully saturated rings. The molecule has 82 valence electrons. The lowest BCUT2D eigenvalue weighted by atomic mass is 10.1. The molecule has 0 radical (unpaired) electrons. The number of nitrogens with zero attached hydrogens (tertiary/aromatic N) is 1. The maximum absolute atomic E-state index is 8.88. The summed E-state index contributed by atoms with van der Waals surface area (Å²) >= 11 is 0. The van der Waals surface area contributed by atoms with Crippen LogP contribution in [0.25, 0.3) is 0 Å². The molecule has 3 heteroatoms. The first-order valence-corrected chi connectivity index (χ1v) is 5.83. The number of hydrogen-bond acceptors (Lipinski definition) is 3. The molecule has 2 atom stereocenters. The van der Waals surface area contributed by atoms with Crippen LogP contribution in [0.4, 0.5) is 0 Å². The van der Waals surface area contributed by atoms with Gasteiger partial charge in [0.15, 0.2) is 0 Å². The quantitative estimate of drug-likeness (QED) is 0.732. The third-order valence-electron chi connectivity index (χ3n) is 3.51. The highest BCUT2D eigenvalue weighted by atomic mass is 16.5. The van der Waals surface area contributed by atoms with E-state index in [2.05, 4.69) is 4.90 Å². The van der Waals surface area contributed by atoms with E-state index in [4.69, 9.17) is 9.84 Å². The van der Waals surface area contributed by atoms with E-state index in [1.807, 2.05) is 0 Å². The fraction of sp³-hybridized carbons (Fsp3) is 1.00. The summed E-state index contributed by atoms with van der Waals surface area (Å²) < 4.78 is 5.50. The van der Waals surface area contributed by atoms with E-state index < -0.39 is 0 Å². The van der Waals surface area contributed by atoms with Gasteiger partial charge in [0.25, 0.3) is 0 Å². The average molecular weight is 199 g/mol. The molecule has 0 amide bonds. The molecule has 3 nitrogen and oxygen atoms in total. The molecule has 0 spiro atoms. The Kier molecular flexibility index (Phi) is 3.79. The largest absolute Gasteiger partial charge is 0.396 e. The molecular weight excluding hydrogens is 178 g/mol. The molecule has 0 aromatic carbocycles.